The summed E-state index contributed by atoms with van der Waals surface area (Å²) in [6.07, 6.45) is 0. The molecular formula is C21H19ClFN3OS. The Bertz CT molecular complexity index is 951. The molecule has 0 aliphatic carbocycles. The van der Waals surface area contributed by atoms with Gasteiger partial charge in [0.2, 0.25) is 0 Å². The van der Waals surface area contributed by atoms with Crippen LogP contribution in [-0.2, 0) is 6.54 Å². The smallest absolute Gasteiger partial charge is 0.273 e. The average molecular weight is 416 g/mol. The second kappa shape index (κ2) is 8.39. The lowest BCUT2D eigenvalue weighted by molar-refractivity contribution is 0.0623. The summed E-state index contributed by atoms with van der Waals surface area (Å²) in [5.41, 5.74) is 2.49. The third-order valence-electron chi connectivity index (χ3n) is 4.79. The minimum absolute atomic E-state index is 0.0456. The van der Waals surface area contributed by atoms with E-state index >= 15 is 0 Å². The first kappa shape index (κ1) is 19.1. The van der Waals surface area contributed by atoms with Gasteiger partial charge in [-0.05, 0) is 42.0 Å². The summed E-state index contributed by atoms with van der Waals surface area (Å²) in [5.74, 6) is -0.330. The third-order valence-corrected chi connectivity index (χ3v) is 5.94. The van der Waals surface area contributed by atoms with E-state index in [-0.39, 0.29) is 11.7 Å². The van der Waals surface area contributed by atoms with Gasteiger partial charge >= 0.3 is 0 Å². The fourth-order valence-corrected chi connectivity index (χ4v) is 4.14. The van der Waals surface area contributed by atoms with Crippen molar-refractivity contribution in [3.63, 3.8) is 0 Å². The Labute approximate surface area is 172 Å². The number of hydrogen-bond acceptors (Lipinski definition) is 4. The summed E-state index contributed by atoms with van der Waals surface area (Å²) >= 11 is 7.34. The Morgan fingerprint density at radius 1 is 1.04 bits per heavy atom. The van der Waals surface area contributed by atoms with Gasteiger partial charge in [-0.25, -0.2) is 9.37 Å². The Hall–Kier alpha value is -2.28. The SMILES string of the molecule is O=C(c1csc(-c2ccc(F)cc2)n1)N1CCN(Cc2ccc(Cl)cc2)CC1. The van der Waals surface area contributed by atoms with Crippen LogP contribution in [0.5, 0.6) is 0 Å². The van der Waals surface area contributed by atoms with E-state index in [0.29, 0.717) is 18.8 Å². The third kappa shape index (κ3) is 4.41. The maximum Gasteiger partial charge on any atom is 0.273 e. The summed E-state index contributed by atoms with van der Waals surface area (Å²) < 4.78 is 13.1. The van der Waals surface area contributed by atoms with E-state index in [4.69, 9.17) is 11.6 Å². The molecule has 144 valence electrons. The number of amides is 1. The number of hydrogen-bond donors (Lipinski definition) is 0. The van der Waals surface area contributed by atoms with Crippen LogP contribution in [0.4, 0.5) is 4.39 Å². The second-order valence-electron chi connectivity index (χ2n) is 6.74. The maximum atomic E-state index is 13.1. The van der Waals surface area contributed by atoms with Crippen molar-refractivity contribution in [3.8, 4) is 10.6 Å². The standard InChI is InChI=1S/C21H19ClFN3OS/c22-17-5-1-15(2-6-17)13-25-9-11-26(12-10-25)21(27)19-14-28-20(24-19)16-3-7-18(23)8-4-16/h1-8,14H,9-13H2. The monoisotopic (exact) mass is 415 g/mol. The molecule has 0 unspecified atom stereocenters. The molecule has 2 aromatic carbocycles. The lowest BCUT2D eigenvalue weighted by atomic mass is 10.2. The van der Waals surface area contributed by atoms with E-state index < -0.39 is 0 Å². The zero-order valence-corrected chi connectivity index (χ0v) is 16.7. The maximum absolute atomic E-state index is 13.1. The lowest BCUT2D eigenvalue weighted by Gasteiger charge is -2.34. The molecule has 0 spiro atoms. The predicted octanol–water partition coefficient (Wildman–Crippen LogP) is 4.56. The molecule has 0 N–H and O–H groups in total. The van der Waals surface area contributed by atoms with E-state index in [2.05, 4.69) is 9.88 Å². The van der Waals surface area contributed by atoms with E-state index in [1.165, 1.54) is 29.0 Å². The Morgan fingerprint density at radius 3 is 2.39 bits per heavy atom. The van der Waals surface area contributed by atoms with Crippen molar-refractivity contribution in [2.75, 3.05) is 26.2 Å². The molecule has 1 amide bonds. The number of halogens is 2. The molecule has 1 saturated heterocycles. The normalized spacial score (nSPS) is 15.0. The number of rotatable bonds is 4. The number of carbonyl (C=O) groups is 1. The minimum atomic E-state index is -0.284. The minimum Gasteiger partial charge on any atom is -0.335 e. The number of piperazine rings is 1. The van der Waals surface area contributed by atoms with Crippen LogP contribution in [0.15, 0.2) is 53.9 Å². The van der Waals surface area contributed by atoms with Gasteiger partial charge in [-0.1, -0.05) is 23.7 Å². The largest absolute Gasteiger partial charge is 0.335 e. The molecule has 0 atom stereocenters. The molecule has 28 heavy (non-hydrogen) atoms. The highest BCUT2D eigenvalue weighted by Crippen LogP contribution is 2.25. The van der Waals surface area contributed by atoms with E-state index in [1.54, 1.807) is 17.5 Å². The fraction of sp³-hybridized carbons (Fsp3) is 0.238. The summed E-state index contributed by atoms with van der Waals surface area (Å²) in [5, 5.41) is 3.24. The van der Waals surface area contributed by atoms with Crippen LogP contribution in [0, 0.1) is 5.82 Å². The Morgan fingerprint density at radius 2 is 1.71 bits per heavy atom. The average Bonchev–Trinajstić information content (AvgIpc) is 3.20. The number of nitrogens with zero attached hydrogens (tertiary/aromatic N) is 3. The molecule has 4 rings (SSSR count). The zero-order valence-electron chi connectivity index (χ0n) is 15.1. The molecule has 1 fully saturated rings. The first-order chi connectivity index (χ1) is 13.6. The number of carbonyl (C=O) groups excluding carboxylic acids is 1. The molecule has 1 aliphatic heterocycles. The first-order valence-electron chi connectivity index (χ1n) is 9.06. The van der Waals surface area contributed by atoms with Crippen molar-refractivity contribution >= 4 is 28.8 Å². The van der Waals surface area contributed by atoms with Crippen LogP contribution in [0.3, 0.4) is 0 Å². The predicted molar refractivity (Wildman–Crippen MR) is 110 cm³/mol. The van der Waals surface area contributed by atoms with Gasteiger partial charge in [-0.3, -0.25) is 9.69 Å². The quantitative estimate of drug-likeness (QED) is 0.626. The van der Waals surface area contributed by atoms with Gasteiger partial charge in [0.25, 0.3) is 5.91 Å². The van der Waals surface area contributed by atoms with Gasteiger partial charge < -0.3 is 4.90 Å². The molecule has 0 radical (unpaired) electrons. The fourth-order valence-electron chi connectivity index (χ4n) is 3.22. The van der Waals surface area contributed by atoms with E-state index in [9.17, 15) is 9.18 Å². The van der Waals surface area contributed by atoms with Crippen molar-refractivity contribution in [1.82, 2.24) is 14.8 Å². The molecule has 3 aromatic rings. The topological polar surface area (TPSA) is 36.4 Å². The summed E-state index contributed by atoms with van der Waals surface area (Å²) in [4.78, 5) is 21.4. The molecule has 2 heterocycles. The van der Waals surface area contributed by atoms with Crippen LogP contribution >= 0.6 is 22.9 Å². The van der Waals surface area contributed by atoms with Gasteiger partial charge in [0, 0.05) is 48.7 Å². The molecular weight excluding hydrogens is 397 g/mol. The van der Waals surface area contributed by atoms with Crippen molar-refractivity contribution in [2.45, 2.75) is 6.54 Å². The van der Waals surface area contributed by atoms with Crippen molar-refractivity contribution in [3.05, 3.63) is 76.0 Å². The first-order valence-corrected chi connectivity index (χ1v) is 10.3. The van der Waals surface area contributed by atoms with Crippen LogP contribution < -0.4 is 0 Å². The molecule has 1 aromatic heterocycles. The molecule has 4 nitrogen and oxygen atoms in total. The van der Waals surface area contributed by atoms with Crippen LogP contribution in [-0.4, -0.2) is 46.9 Å². The number of thiazole rings is 1. The zero-order chi connectivity index (χ0) is 19.5. The molecule has 0 bridgehead atoms. The van der Waals surface area contributed by atoms with Crippen LogP contribution in [0.25, 0.3) is 10.6 Å². The van der Waals surface area contributed by atoms with Gasteiger partial charge in [0.05, 0.1) is 0 Å². The summed E-state index contributed by atoms with van der Waals surface area (Å²) in [7, 11) is 0. The van der Waals surface area contributed by atoms with Gasteiger partial charge in [0.1, 0.15) is 16.5 Å². The van der Waals surface area contributed by atoms with Crippen molar-refractivity contribution < 1.29 is 9.18 Å². The highest BCUT2D eigenvalue weighted by atomic mass is 35.5. The van der Waals surface area contributed by atoms with Gasteiger partial charge in [-0.2, -0.15) is 0 Å². The van der Waals surface area contributed by atoms with E-state index in [0.717, 1.165) is 35.2 Å². The highest BCUT2D eigenvalue weighted by molar-refractivity contribution is 7.13. The van der Waals surface area contributed by atoms with Crippen molar-refractivity contribution in [1.29, 1.82) is 0 Å². The summed E-state index contributed by atoms with van der Waals surface area (Å²) in [6.45, 7) is 3.85. The number of benzene rings is 2. The molecule has 1 aliphatic rings. The van der Waals surface area contributed by atoms with Crippen LogP contribution in [0.1, 0.15) is 16.1 Å². The van der Waals surface area contributed by atoms with Crippen molar-refractivity contribution in [2.24, 2.45) is 0 Å². The summed E-state index contributed by atoms with van der Waals surface area (Å²) in [6, 6.07) is 14.0. The lowest BCUT2D eigenvalue weighted by Crippen LogP contribution is -2.48. The van der Waals surface area contributed by atoms with Gasteiger partial charge in [0.15, 0.2) is 0 Å². The molecule has 0 saturated carbocycles. The molecule has 7 heteroatoms. The number of aromatic nitrogens is 1. The highest BCUT2D eigenvalue weighted by Gasteiger charge is 2.24. The second-order valence-corrected chi connectivity index (χ2v) is 8.03. The van der Waals surface area contributed by atoms with E-state index in [1.807, 2.05) is 29.2 Å². The van der Waals surface area contributed by atoms with Gasteiger partial charge in [-0.15, -0.1) is 11.3 Å². The van der Waals surface area contributed by atoms with Crippen LogP contribution in [0.2, 0.25) is 5.02 Å². The Kier molecular flexibility index (Phi) is 5.71. The Balaban J connectivity index is 1.35.